The summed E-state index contributed by atoms with van der Waals surface area (Å²) in [6.45, 7) is 4.12. The molecule has 0 radical (unpaired) electrons. The van der Waals surface area contributed by atoms with Crippen LogP contribution in [-0.2, 0) is 27.9 Å². The molecule has 0 saturated carbocycles. The summed E-state index contributed by atoms with van der Waals surface area (Å²) in [6.07, 6.45) is 49.1. The van der Waals surface area contributed by atoms with E-state index >= 15 is 0 Å². The largest absolute Gasteiger partial charge is 0.492 e. The minimum Gasteiger partial charge on any atom is -0.492 e. The normalized spacial score (nSPS) is 14.1. The zero-order valence-electron chi connectivity index (χ0n) is 33.3. The predicted octanol–water partition coefficient (Wildman–Crippen LogP) is 12.5. The van der Waals surface area contributed by atoms with Crippen LogP contribution in [0.2, 0.25) is 0 Å². The van der Waals surface area contributed by atoms with Gasteiger partial charge in [0.15, 0.2) is 6.10 Å². The van der Waals surface area contributed by atoms with Crippen molar-refractivity contribution in [3.8, 4) is 0 Å². The average Bonchev–Trinajstić information content (AvgIpc) is 3.14. The lowest BCUT2D eigenvalue weighted by Crippen LogP contribution is -2.25. The minimum atomic E-state index is -4.28. The highest BCUT2D eigenvalue weighted by molar-refractivity contribution is 7.47. The molecule has 9 heteroatoms. The SMILES string of the molecule is CCCCCCCCC=CCC=CCC=CCCCC(=O)OC[C@H](COP(=O)(O)OCCN)OC=CCCCCCCC=CCCCCCCCC. The Morgan fingerprint density at radius 3 is 1.56 bits per heavy atom. The van der Waals surface area contributed by atoms with Gasteiger partial charge in [0, 0.05) is 13.0 Å². The van der Waals surface area contributed by atoms with Gasteiger partial charge in [-0.05, 0) is 83.1 Å². The first kappa shape index (κ1) is 50.0. The van der Waals surface area contributed by atoms with Gasteiger partial charge in [0.1, 0.15) is 6.61 Å². The number of carbonyl (C=O) groups is 1. The summed E-state index contributed by atoms with van der Waals surface area (Å²) in [4.78, 5) is 22.2. The van der Waals surface area contributed by atoms with Gasteiger partial charge in [-0.3, -0.25) is 13.8 Å². The van der Waals surface area contributed by atoms with E-state index in [9.17, 15) is 14.3 Å². The van der Waals surface area contributed by atoms with Crippen molar-refractivity contribution in [1.29, 1.82) is 0 Å². The number of hydrogen-bond donors (Lipinski definition) is 2. The zero-order chi connectivity index (χ0) is 38.1. The number of esters is 1. The summed E-state index contributed by atoms with van der Waals surface area (Å²) in [5.74, 6) is -0.345. The first-order chi connectivity index (χ1) is 25.4. The van der Waals surface area contributed by atoms with Crippen LogP contribution in [0.15, 0.2) is 60.9 Å². The lowest BCUT2D eigenvalue weighted by Gasteiger charge is -2.19. The molecule has 0 aliphatic heterocycles. The van der Waals surface area contributed by atoms with Crippen LogP contribution >= 0.6 is 7.82 Å². The highest BCUT2D eigenvalue weighted by atomic mass is 31.2. The highest BCUT2D eigenvalue weighted by Crippen LogP contribution is 2.43. The third-order valence-corrected chi connectivity index (χ3v) is 9.48. The molecule has 0 aliphatic carbocycles. The van der Waals surface area contributed by atoms with Crippen LogP contribution in [0.1, 0.15) is 174 Å². The van der Waals surface area contributed by atoms with Crippen LogP contribution in [0.4, 0.5) is 0 Å². The van der Waals surface area contributed by atoms with Gasteiger partial charge in [-0.2, -0.15) is 0 Å². The van der Waals surface area contributed by atoms with Gasteiger partial charge in [0.05, 0.1) is 19.5 Å². The van der Waals surface area contributed by atoms with Crippen LogP contribution in [0.3, 0.4) is 0 Å². The predicted molar refractivity (Wildman–Crippen MR) is 219 cm³/mol. The Labute approximate surface area is 319 Å². The van der Waals surface area contributed by atoms with E-state index in [1.807, 2.05) is 6.08 Å². The third-order valence-electron chi connectivity index (χ3n) is 8.50. The van der Waals surface area contributed by atoms with Crippen molar-refractivity contribution in [3.63, 3.8) is 0 Å². The molecule has 0 aromatic rings. The van der Waals surface area contributed by atoms with Gasteiger partial charge < -0.3 is 20.1 Å². The number of carbonyl (C=O) groups excluding carboxylic acids is 1. The maximum absolute atomic E-state index is 12.4. The molecule has 8 nitrogen and oxygen atoms in total. The number of unbranched alkanes of at least 4 members (excludes halogenated alkanes) is 18. The quantitative estimate of drug-likeness (QED) is 0.0210. The fourth-order valence-corrected chi connectivity index (χ4v) is 6.11. The van der Waals surface area contributed by atoms with Gasteiger partial charge in [-0.1, -0.05) is 140 Å². The average molecular weight is 752 g/mol. The maximum atomic E-state index is 12.4. The molecule has 0 rings (SSSR count). The van der Waals surface area contributed by atoms with E-state index in [1.54, 1.807) is 6.26 Å². The molecule has 0 aromatic carbocycles. The molecule has 1 unspecified atom stereocenters. The van der Waals surface area contributed by atoms with Gasteiger partial charge in [-0.15, -0.1) is 0 Å². The number of rotatable bonds is 39. The topological polar surface area (TPSA) is 117 Å². The molecule has 0 spiro atoms. The van der Waals surface area contributed by atoms with Crippen molar-refractivity contribution in [3.05, 3.63) is 60.9 Å². The molecule has 0 fully saturated rings. The van der Waals surface area contributed by atoms with Crippen LogP contribution in [0, 0.1) is 0 Å². The van der Waals surface area contributed by atoms with Crippen LogP contribution in [0.25, 0.3) is 0 Å². The van der Waals surface area contributed by atoms with Crippen LogP contribution in [-0.4, -0.2) is 43.3 Å². The second-order valence-corrected chi connectivity index (χ2v) is 15.0. The fraction of sp³-hybridized carbons (Fsp3) is 0.744. The molecule has 0 aromatic heterocycles. The molecule has 0 bridgehead atoms. The van der Waals surface area contributed by atoms with Crippen molar-refractivity contribution in [1.82, 2.24) is 0 Å². The first-order valence-electron chi connectivity index (χ1n) is 20.8. The van der Waals surface area contributed by atoms with E-state index in [4.69, 9.17) is 24.3 Å². The standard InChI is InChI=1S/C43H78NO7P/c1-3-5-7-9-11-13-15-17-19-21-22-24-26-28-30-32-34-36-43(45)49-40-42(41-51-52(46,47)50-39-37-44)48-38-35-33-31-29-27-25-23-20-18-16-14-12-10-8-6-4-2/h17-20,22,24,28,30,35,38,42H,3-16,21,23,25-27,29,31-34,36-37,39-41,44H2,1-2H3,(H,46,47)/t42-/m1/s1. The molecular weight excluding hydrogens is 673 g/mol. The van der Waals surface area contributed by atoms with Crippen molar-refractivity contribution in [2.75, 3.05) is 26.4 Å². The van der Waals surface area contributed by atoms with Crippen molar-refractivity contribution in [2.24, 2.45) is 5.73 Å². The lowest BCUT2D eigenvalue weighted by molar-refractivity contribution is -0.147. The number of phosphoric ester groups is 1. The van der Waals surface area contributed by atoms with Crippen molar-refractivity contribution in [2.45, 2.75) is 180 Å². The molecule has 2 atom stereocenters. The Kier molecular flexibility index (Phi) is 38.7. The fourth-order valence-electron chi connectivity index (χ4n) is 5.34. The highest BCUT2D eigenvalue weighted by Gasteiger charge is 2.24. The molecule has 302 valence electrons. The second-order valence-electron chi connectivity index (χ2n) is 13.6. The molecular formula is C43H78NO7P. The number of phosphoric acid groups is 1. The Morgan fingerprint density at radius 1 is 0.596 bits per heavy atom. The summed E-state index contributed by atoms with van der Waals surface area (Å²) in [5, 5.41) is 0. The third kappa shape index (κ3) is 39.3. The van der Waals surface area contributed by atoms with Gasteiger partial charge >= 0.3 is 13.8 Å². The monoisotopic (exact) mass is 752 g/mol. The number of allylic oxidation sites excluding steroid dienone is 9. The minimum absolute atomic E-state index is 0.0903. The molecule has 0 amide bonds. The van der Waals surface area contributed by atoms with Gasteiger partial charge in [0.2, 0.25) is 0 Å². The van der Waals surface area contributed by atoms with Gasteiger partial charge in [-0.25, -0.2) is 4.57 Å². The molecule has 52 heavy (non-hydrogen) atoms. The van der Waals surface area contributed by atoms with E-state index in [0.717, 1.165) is 44.9 Å². The van der Waals surface area contributed by atoms with Crippen LogP contribution in [0.5, 0.6) is 0 Å². The van der Waals surface area contributed by atoms with Crippen molar-refractivity contribution < 1.29 is 32.8 Å². The Morgan fingerprint density at radius 2 is 1.04 bits per heavy atom. The molecule has 3 N–H and O–H groups in total. The van der Waals surface area contributed by atoms with E-state index in [0.29, 0.717) is 6.42 Å². The van der Waals surface area contributed by atoms with E-state index in [2.05, 4.69) is 62.5 Å². The molecule has 0 aliphatic rings. The van der Waals surface area contributed by atoms with Crippen LogP contribution < -0.4 is 5.73 Å². The van der Waals surface area contributed by atoms with Crippen molar-refractivity contribution >= 4 is 13.8 Å². The summed E-state index contributed by atoms with van der Waals surface area (Å²) < 4.78 is 33.1. The Hall–Kier alpha value is -1.96. The first-order valence-corrected chi connectivity index (χ1v) is 22.3. The lowest BCUT2D eigenvalue weighted by atomic mass is 10.1. The smallest absolute Gasteiger partial charge is 0.472 e. The van der Waals surface area contributed by atoms with E-state index in [1.165, 1.54) is 103 Å². The summed E-state index contributed by atoms with van der Waals surface area (Å²) in [7, 11) is -4.28. The Bertz CT molecular complexity index is 979. The number of ether oxygens (including phenoxy) is 2. The molecule has 0 saturated heterocycles. The summed E-state index contributed by atoms with van der Waals surface area (Å²) in [6, 6.07) is 0. The maximum Gasteiger partial charge on any atom is 0.472 e. The zero-order valence-corrected chi connectivity index (χ0v) is 34.2. The van der Waals surface area contributed by atoms with Gasteiger partial charge in [0.25, 0.3) is 0 Å². The summed E-state index contributed by atoms with van der Waals surface area (Å²) in [5.41, 5.74) is 5.35. The summed E-state index contributed by atoms with van der Waals surface area (Å²) >= 11 is 0. The number of hydrogen-bond acceptors (Lipinski definition) is 7. The second kappa shape index (κ2) is 40.2. The van der Waals surface area contributed by atoms with E-state index in [-0.39, 0.29) is 38.8 Å². The Balaban J connectivity index is 4.22. The number of nitrogens with two attached hydrogens (primary N) is 1. The van der Waals surface area contributed by atoms with E-state index < -0.39 is 13.9 Å². The molecule has 0 heterocycles.